The minimum Gasteiger partial charge on any atom is -0.324 e. The van der Waals surface area contributed by atoms with Gasteiger partial charge in [-0.1, -0.05) is 83.0 Å². The molecule has 5 rings (SSSR count). The van der Waals surface area contributed by atoms with Crippen molar-refractivity contribution in [2.45, 2.75) is 26.8 Å². The van der Waals surface area contributed by atoms with E-state index in [2.05, 4.69) is 64.2 Å². The van der Waals surface area contributed by atoms with Gasteiger partial charge in [0.05, 0.1) is 5.70 Å². The highest BCUT2D eigenvalue weighted by atomic mass is 16.2. The summed E-state index contributed by atoms with van der Waals surface area (Å²) in [7, 11) is 0. The highest BCUT2D eigenvalue weighted by Gasteiger charge is 2.32. The fourth-order valence-corrected chi connectivity index (χ4v) is 4.27. The number of carbonyl (C=O) groups excluding carboxylic acids is 1. The number of aryl methyl sites for hydroxylation is 3. The third-order valence-electron chi connectivity index (χ3n) is 6.03. The smallest absolute Gasteiger partial charge is 0.251 e. The van der Waals surface area contributed by atoms with Crippen LogP contribution in [-0.4, -0.2) is 32.7 Å². The minimum atomic E-state index is -0.181. The van der Waals surface area contributed by atoms with E-state index in [4.69, 9.17) is 0 Å². The van der Waals surface area contributed by atoms with E-state index in [0.29, 0.717) is 5.95 Å². The molecule has 0 saturated heterocycles. The molecule has 1 aliphatic heterocycles. The number of hydrogen-bond acceptors (Lipinski definition) is 5. The fourth-order valence-electron chi connectivity index (χ4n) is 4.27. The summed E-state index contributed by atoms with van der Waals surface area (Å²) in [6.45, 7) is 6.17. The van der Waals surface area contributed by atoms with Crippen molar-refractivity contribution in [1.29, 1.82) is 0 Å². The highest BCUT2D eigenvalue weighted by molar-refractivity contribution is 5.97. The van der Waals surface area contributed by atoms with E-state index >= 15 is 0 Å². The van der Waals surface area contributed by atoms with Crippen molar-refractivity contribution in [3.63, 3.8) is 0 Å². The molecule has 4 aromatic rings. The highest BCUT2D eigenvalue weighted by Crippen LogP contribution is 2.36. The Morgan fingerprint density at radius 2 is 1.68 bits per heavy atom. The van der Waals surface area contributed by atoms with Gasteiger partial charge >= 0.3 is 0 Å². The Bertz CT molecular complexity index is 1360. The lowest BCUT2D eigenvalue weighted by molar-refractivity contribution is -0.114. The summed E-state index contributed by atoms with van der Waals surface area (Å²) in [5, 5.41) is 15.6. The van der Waals surface area contributed by atoms with Gasteiger partial charge in [0.1, 0.15) is 12.6 Å². The molecule has 1 aromatic heterocycles. The quantitative estimate of drug-likeness (QED) is 0.478. The molecular weight excluding hydrogens is 424 g/mol. The van der Waals surface area contributed by atoms with Crippen molar-refractivity contribution in [1.82, 2.24) is 20.2 Å². The molecule has 7 nitrogen and oxygen atoms in total. The molecule has 1 amide bonds. The molecule has 7 heteroatoms. The molecule has 0 aliphatic carbocycles. The van der Waals surface area contributed by atoms with Crippen LogP contribution in [0.3, 0.4) is 0 Å². The van der Waals surface area contributed by atoms with E-state index in [-0.39, 0.29) is 18.5 Å². The van der Waals surface area contributed by atoms with Crippen molar-refractivity contribution >= 4 is 23.2 Å². The standard InChI is InChI=1S/C27H26N6O/c1-18-9-12-22(13-10-18)25-16-24(21-7-5-4-6-8-21)32(27-29-30-31-33(25)27)17-26(34)28-23-14-11-19(2)15-20(23)3/h4-16,25H,17H2,1-3H3,(H,28,34)/t25-/m1/s1. The number of benzene rings is 3. The second-order valence-corrected chi connectivity index (χ2v) is 8.65. The zero-order chi connectivity index (χ0) is 23.7. The third-order valence-corrected chi connectivity index (χ3v) is 6.03. The first-order valence-electron chi connectivity index (χ1n) is 11.3. The van der Waals surface area contributed by atoms with Crippen LogP contribution in [0, 0.1) is 20.8 Å². The summed E-state index contributed by atoms with van der Waals surface area (Å²) >= 11 is 0. The van der Waals surface area contributed by atoms with Gasteiger partial charge in [0.25, 0.3) is 5.95 Å². The molecule has 2 heterocycles. The molecule has 1 N–H and O–H groups in total. The van der Waals surface area contributed by atoms with Crippen molar-refractivity contribution in [2.24, 2.45) is 0 Å². The van der Waals surface area contributed by atoms with Gasteiger partial charge in [-0.25, -0.2) is 0 Å². The van der Waals surface area contributed by atoms with Crippen LogP contribution in [0.2, 0.25) is 0 Å². The monoisotopic (exact) mass is 450 g/mol. The molecule has 34 heavy (non-hydrogen) atoms. The van der Waals surface area contributed by atoms with Crippen molar-refractivity contribution < 1.29 is 4.79 Å². The average molecular weight is 451 g/mol. The number of rotatable bonds is 5. The van der Waals surface area contributed by atoms with Gasteiger partial charge in [-0.3, -0.25) is 9.69 Å². The van der Waals surface area contributed by atoms with Crippen LogP contribution < -0.4 is 10.2 Å². The van der Waals surface area contributed by atoms with Crippen LogP contribution in [0.15, 0.2) is 78.9 Å². The first kappa shape index (κ1) is 21.6. The van der Waals surface area contributed by atoms with E-state index in [9.17, 15) is 4.79 Å². The van der Waals surface area contributed by atoms with Crippen LogP contribution in [0.4, 0.5) is 11.6 Å². The number of nitrogens with zero attached hydrogens (tertiary/aromatic N) is 5. The Kier molecular flexibility index (Phi) is 5.67. The Morgan fingerprint density at radius 1 is 0.941 bits per heavy atom. The minimum absolute atomic E-state index is 0.0784. The predicted molar refractivity (Wildman–Crippen MR) is 133 cm³/mol. The number of anilines is 2. The zero-order valence-electron chi connectivity index (χ0n) is 19.4. The second-order valence-electron chi connectivity index (χ2n) is 8.65. The van der Waals surface area contributed by atoms with E-state index in [1.807, 2.05) is 61.2 Å². The third kappa shape index (κ3) is 4.20. The van der Waals surface area contributed by atoms with Crippen LogP contribution in [0.5, 0.6) is 0 Å². The Labute approximate surface area is 198 Å². The topological polar surface area (TPSA) is 75.9 Å². The maximum absolute atomic E-state index is 13.2. The normalized spacial score (nSPS) is 15.0. The van der Waals surface area contributed by atoms with Crippen molar-refractivity contribution in [3.05, 3.63) is 107 Å². The van der Waals surface area contributed by atoms with Crippen LogP contribution >= 0.6 is 0 Å². The van der Waals surface area contributed by atoms with Gasteiger partial charge in [-0.05, 0) is 60.0 Å². The number of carbonyl (C=O) groups is 1. The molecule has 0 unspecified atom stereocenters. The van der Waals surface area contributed by atoms with Crippen LogP contribution in [0.1, 0.15) is 33.9 Å². The maximum Gasteiger partial charge on any atom is 0.251 e. The molecule has 0 fully saturated rings. The Morgan fingerprint density at radius 3 is 2.41 bits per heavy atom. The number of nitrogens with one attached hydrogen (secondary N) is 1. The summed E-state index contributed by atoms with van der Waals surface area (Å²) < 4.78 is 1.77. The molecule has 170 valence electrons. The molecule has 1 aliphatic rings. The first-order valence-corrected chi connectivity index (χ1v) is 11.3. The Balaban J connectivity index is 1.52. The van der Waals surface area contributed by atoms with E-state index in [1.165, 1.54) is 5.56 Å². The predicted octanol–water partition coefficient (Wildman–Crippen LogP) is 4.69. The molecule has 0 saturated carbocycles. The van der Waals surface area contributed by atoms with Gasteiger partial charge in [0, 0.05) is 5.69 Å². The summed E-state index contributed by atoms with van der Waals surface area (Å²) in [5.74, 6) is 0.389. The second kappa shape index (κ2) is 8.94. The number of aromatic nitrogens is 4. The van der Waals surface area contributed by atoms with Crippen LogP contribution in [-0.2, 0) is 4.79 Å². The number of amides is 1. The molecule has 3 aromatic carbocycles. The van der Waals surface area contributed by atoms with Crippen molar-refractivity contribution in [2.75, 3.05) is 16.8 Å². The van der Waals surface area contributed by atoms with Crippen molar-refractivity contribution in [3.8, 4) is 0 Å². The summed E-state index contributed by atoms with van der Waals surface area (Å²) in [5.41, 5.74) is 7.13. The Hall–Kier alpha value is -4.26. The number of tetrazole rings is 1. The lowest BCUT2D eigenvalue weighted by atomic mass is 10.00. The largest absolute Gasteiger partial charge is 0.324 e. The van der Waals surface area contributed by atoms with Gasteiger partial charge in [-0.15, -0.1) is 0 Å². The maximum atomic E-state index is 13.2. The van der Waals surface area contributed by atoms with Gasteiger partial charge < -0.3 is 5.32 Å². The lowest BCUT2D eigenvalue weighted by Crippen LogP contribution is -2.37. The molecule has 0 bridgehead atoms. The molecule has 0 radical (unpaired) electrons. The lowest BCUT2D eigenvalue weighted by Gasteiger charge is -2.32. The van der Waals surface area contributed by atoms with E-state index < -0.39 is 0 Å². The number of fused-ring (bicyclic) bond motifs is 1. The van der Waals surface area contributed by atoms with Gasteiger partial charge in [0.2, 0.25) is 5.91 Å². The number of allylic oxidation sites excluding steroid dienone is 1. The van der Waals surface area contributed by atoms with E-state index in [0.717, 1.165) is 33.6 Å². The fraction of sp³-hybridized carbons (Fsp3) is 0.185. The molecule has 0 spiro atoms. The van der Waals surface area contributed by atoms with Crippen LogP contribution in [0.25, 0.3) is 5.70 Å². The summed E-state index contributed by atoms with van der Waals surface area (Å²) in [6, 6.07) is 24.2. The number of hydrogen-bond donors (Lipinski definition) is 1. The first-order chi connectivity index (χ1) is 16.5. The summed E-state index contributed by atoms with van der Waals surface area (Å²) in [4.78, 5) is 15.0. The summed E-state index contributed by atoms with van der Waals surface area (Å²) in [6.07, 6.45) is 2.12. The zero-order valence-corrected chi connectivity index (χ0v) is 19.4. The molecular formula is C27H26N6O. The van der Waals surface area contributed by atoms with Gasteiger partial charge in [-0.2, -0.15) is 4.68 Å². The average Bonchev–Trinajstić information content (AvgIpc) is 3.33. The van der Waals surface area contributed by atoms with E-state index in [1.54, 1.807) is 4.68 Å². The van der Waals surface area contributed by atoms with Gasteiger partial charge in [0.15, 0.2) is 0 Å². The SMILES string of the molecule is Cc1ccc([C@H]2C=C(c3ccccc3)N(CC(=O)Nc3ccc(C)cc3C)c3nnnn32)cc1. The molecule has 1 atom stereocenters.